The molecule has 0 atom stereocenters. The van der Waals surface area contributed by atoms with Gasteiger partial charge in [0, 0.05) is 10.6 Å². The van der Waals surface area contributed by atoms with Crippen molar-refractivity contribution in [1.29, 1.82) is 0 Å². The van der Waals surface area contributed by atoms with Crippen LogP contribution in [-0.4, -0.2) is 61.6 Å². The van der Waals surface area contributed by atoms with Crippen molar-refractivity contribution in [2.45, 2.75) is 33.2 Å². The van der Waals surface area contributed by atoms with Gasteiger partial charge in [0.15, 0.2) is 13.2 Å². The number of benzene rings is 1. The molecule has 0 bridgehead atoms. The minimum atomic E-state index is -0.217. The maximum atomic E-state index is 12.4. The van der Waals surface area contributed by atoms with E-state index in [1.54, 1.807) is 17.0 Å². The van der Waals surface area contributed by atoms with Crippen LogP contribution in [0.2, 0.25) is 5.02 Å². The number of amides is 2. The number of rotatable bonds is 5. The number of carbonyl (C=O) groups is 2. The second kappa shape index (κ2) is 8.73. The Bertz CT molecular complexity index is 650. The van der Waals surface area contributed by atoms with Crippen molar-refractivity contribution < 1.29 is 19.2 Å². The molecular formula is C19H29ClN3O3+. The van der Waals surface area contributed by atoms with E-state index in [1.165, 1.54) is 4.90 Å². The highest BCUT2D eigenvalue weighted by atomic mass is 35.5. The highest BCUT2D eigenvalue weighted by Gasteiger charge is 2.26. The smallest absolute Gasteiger partial charge is 0.275 e. The van der Waals surface area contributed by atoms with Gasteiger partial charge in [-0.2, -0.15) is 0 Å². The summed E-state index contributed by atoms with van der Waals surface area (Å²) in [6.07, 6.45) is 0. The number of nitrogens with zero attached hydrogens (tertiary/aromatic N) is 1. The Kier molecular flexibility index (Phi) is 6.89. The van der Waals surface area contributed by atoms with Crippen LogP contribution < -0.4 is 15.0 Å². The second-order valence-corrected chi connectivity index (χ2v) is 8.24. The summed E-state index contributed by atoms with van der Waals surface area (Å²) in [5, 5.41) is 3.63. The fourth-order valence-corrected chi connectivity index (χ4v) is 3.17. The summed E-state index contributed by atoms with van der Waals surface area (Å²) >= 11 is 5.92. The van der Waals surface area contributed by atoms with Gasteiger partial charge in [0.05, 0.1) is 26.2 Å². The number of aryl methyl sites for hydroxylation is 1. The molecule has 0 aliphatic carbocycles. The fraction of sp³-hybridized carbons (Fsp3) is 0.579. The zero-order valence-corrected chi connectivity index (χ0v) is 16.8. The molecule has 0 unspecified atom stereocenters. The Labute approximate surface area is 160 Å². The van der Waals surface area contributed by atoms with Gasteiger partial charge in [-0.05, 0) is 51.5 Å². The van der Waals surface area contributed by atoms with Gasteiger partial charge in [0.1, 0.15) is 5.75 Å². The number of piperazine rings is 1. The highest BCUT2D eigenvalue weighted by Crippen LogP contribution is 2.21. The topological polar surface area (TPSA) is 63.1 Å². The van der Waals surface area contributed by atoms with E-state index in [0.29, 0.717) is 30.4 Å². The summed E-state index contributed by atoms with van der Waals surface area (Å²) in [5.41, 5.74) is 0.690. The number of ether oxygens (including phenoxy) is 1. The van der Waals surface area contributed by atoms with Gasteiger partial charge in [-0.15, -0.1) is 0 Å². The van der Waals surface area contributed by atoms with E-state index in [2.05, 4.69) is 5.32 Å². The molecule has 1 fully saturated rings. The Morgan fingerprint density at radius 3 is 2.50 bits per heavy atom. The molecule has 6 nitrogen and oxygen atoms in total. The van der Waals surface area contributed by atoms with Crippen LogP contribution >= 0.6 is 11.6 Å². The molecule has 1 aromatic carbocycles. The molecule has 1 aromatic rings. The lowest BCUT2D eigenvalue weighted by atomic mass is 10.1. The number of nitrogens with one attached hydrogen (secondary N) is 2. The molecule has 1 saturated heterocycles. The van der Waals surface area contributed by atoms with Gasteiger partial charge >= 0.3 is 0 Å². The lowest BCUT2D eigenvalue weighted by Gasteiger charge is -2.32. The fourth-order valence-electron chi connectivity index (χ4n) is 2.94. The van der Waals surface area contributed by atoms with E-state index >= 15 is 0 Å². The standard InChI is InChI=1S/C19H28ClN3O3/c1-14-11-15(20)5-6-16(14)26-13-18(25)23-9-7-22(8-10-23)12-17(24)21-19(2,3)4/h5-6,11H,7-10,12-13H2,1-4H3,(H,21,24)/p+1. The monoisotopic (exact) mass is 382 g/mol. The van der Waals surface area contributed by atoms with Crippen molar-refractivity contribution in [1.82, 2.24) is 10.2 Å². The van der Waals surface area contributed by atoms with Crippen molar-refractivity contribution >= 4 is 23.4 Å². The van der Waals surface area contributed by atoms with Crippen molar-refractivity contribution in [3.8, 4) is 5.75 Å². The van der Waals surface area contributed by atoms with Gasteiger partial charge < -0.3 is 19.9 Å². The average Bonchev–Trinajstić information content (AvgIpc) is 2.52. The number of hydrogen-bond donors (Lipinski definition) is 2. The maximum Gasteiger partial charge on any atom is 0.275 e. The number of hydrogen-bond acceptors (Lipinski definition) is 3. The van der Waals surface area contributed by atoms with E-state index in [4.69, 9.17) is 16.3 Å². The summed E-state index contributed by atoms with van der Waals surface area (Å²) < 4.78 is 5.63. The van der Waals surface area contributed by atoms with E-state index in [0.717, 1.165) is 18.7 Å². The van der Waals surface area contributed by atoms with Crippen LogP contribution in [0.15, 0.2) is 18.2 Å². The van der Waals surface area contributed by atoms with Crippen molar-refractivity contribution in [3.63, 3.8) is 0 Å². The van der Waals surface area contributed by atoms with E-state index in [9.17, 15) is 9.59 Å². The van der Waals surface area contributed by atoms with Crippen LogP contribution in [0.25, 0.3) is 0 Å². The summed E-state index contributed by atoms with van der Waals surface area (Å²) in [6, 6.07) is 5.34. The molecule has 1 heterocycles. The number of carbonyl (C=O) groups excluding carboxylic acids is 2. The second-order valence-electron chi connectivity index (χ2n) is 7.80. The molecular weight excluding hydrogens is 354 g/mol. The lowest BCUT2D eigenvalue weighted by Crippen LogP contribution is -3.16. The van der Waals surface area contributed by atoms with Gasteiger partial charge in [0.25, 0.3) is 11.8 Å². The molecule has 2 N–H and O–H groups in total. The first-order chi connectivity index (χ1) is 12.1. The van der Waals surface area contributed by atoms with Crippen LogP contribution in [0, 0.1) is 6.92 Å². The van der Waals surface area contributed by atoms with Crippen LogP contribution in [0.4, 0.5) is 0 Å². The molecule has 7 heteroatoms. The molecule has 0 aromatic heterocycles. The minimum absolute atomic E-state index is 0.0162. The first-order valence-electron chi connectivity index (χ1n) is 8.95. The largest absolute Gasteiger partial charge is 0.483 e. The average molecular weight is 383 g/mol. The van der Waals surface area contributed by atoms with Crippen molar-refractivity contribution in [2.24, 2.45) is 0 Å². The number of halogens is 1. The summed E-state index contributed by atoms with van der Waals surface area (Å²) in [5.74, 6) is 0.692. The van der Waals surface area contributed by atoms with Gasteiger partial charge in [0.2, 0.25) is 0 Å². The Balaban J connectivity index is 1.75. The third kappa shape index (κ3) is 6.50. The normalized spacial score (nSPS) is 15.7. The van der Waals surface area contributed by atoms with Gasteiger partial charge in [-0.3, -0.25) is 9.59 Å². The third-order valence-electron chi connectivity index (χ3n) is 4.24. The van der Waals surface area contributed by atoms with E-state index in [1.807, 2.05) is 33.8 Å². The quantitative estimate of drug-likeness (QED) is 0.786. The zero-order valence-electron chi connectivity index (χ0n) is 16.0. The van der Waals surface area contributed by atoms with Crippen LogP contribution in [0.5, 0.6) is 5.75 Å². The molecule has 2 rings (SSSR count). The predicted molar refractivity (Wildman–Crippen MR) is 102 cm³/mol. The Hall–Kier alpha value is -1.79. The molecule has 1 aliphatic heterocycles. The summed E-state index contributed by atoms with van der Waals surface area (Å²) in [4.78, 5) is 27.4. The van der Waals surface area contributed by atoms with Gasteiger partial charge in [-0.1, -0.05) is 11.6 Å². The molecule has 144 valence electrons. The third-order valence-corrected chi connectivity index (χ3v) is 4.47. The highest BCUT2D eigenvalue weighted by molar-refractivity contribution is 6.30. The molecule has 0 spiro atoms. The summed E-state index contributed by atoms with van der Waals surface area (Å²) in [6.45, 7) is 11.1. The van der Waals surface area contributed by atoms with E-state index in [-0.39, 0.29) is 24.0 Å². The SMILES string of the molecule is Cc1cc(Cl)ccc1OCC(=O)N1CC[NH+](CC(=O)NC(C)(C)C)CC1. The Morgan fingerprint density at radius 2 is 1.92 bits per heavy atom. The Morgan fingerprint density at radius 1 is 1.27 bits per heavy atom. The first-order valence-corrected chi connectivity index (χ1v) is 9.33. The zero-order chi connectivity index (χ0) is 19.3. The molecule has 1 aliphatic rings. The van der Waals surface area contributed by atoms with E-state index < -0.39 is 0 Å². The molecule has 0 saturated carbocycles. The van der Waals surface area contributed by atoms with Crippen LogP contribution in [0.1, 0.15) is 26.3 Å². The van der Waals surface area contributed by atoms with Crippen LogP contribution in [-0.2, 0) is 9.59 Å². The van der Waals surface area contributed by atoms with Crippen molar-refractivity contribution in [3.05, 3.63) is 28.8 Å². The minimum Gasteiger partial charge on any atom is -0.483 e. The molecule has 2 amide bonds. The lowest BCUT2D eigenvalue weighted by molar-refractivity contribution is -0.896. The molecule has 0 radical (unpaired) electrons. The first kappa shape index (κ1) is 20.5. The predicted octanol–water partition coefficient (Wildman–Crippen LogP) is 0.669. The maximum absolute atomic E-state index is 12.4. The molecule has 26 heavy (non-hydrogen) atoms. The summed E-state index contributed by atoms with van der Waals surface area (Å²) in [7, 11) is 0. The van der Waals surface area contributed by atoms with Gasteiger partial charge in [-0.25, -0.2) is 0 Å². The van der Waals surface area contributed by atoms with Crippen molar-refractivity contribution in [2.75, 3.05) is 39.3 Å². The van der Waals surface area contributed by atoms with Crippen LogP contribution in [0.3, 0.4) is 0 Å². The number of quaternary nitrogens is 1.